The largest absolute Gasteiger partial charge is 0.325 e. The van der Waals surface area contributed by atoms with Gasteiger partial charge in [0.2, 0.25) is 5.91 Å². The maximum Gasteiger partial charge on any atom is 0.241 e. The summed E-state index contributed by atoms with van der Waals surface area (Å²) < 4.78 is 0. The van der Waals surface area contributed by atoms with Gasteiger partial charge in [0.15, 0.2) is 0 Å². The minimum Gasteiger partial charge on any atom is -0.325 e. The standard InChI is InChI=1S/C16H27N3O/c1-5-19(6-2)12-13(3)17-14(4)16(20)18-15-10-8-7-9-11-15/h7-11,13-14,17H,5-6,12H2,1-4H3,(H,18,20). The van der Waals surface area contributed by atoms with Crippen LogP contribution < -0.4 is 10.6 Å². The fourth-order valence-corrected chi connectivity index (χ4v) is 2.20. The third kappa shape index (κ3) is 5.72. The zero-order valence-electron chi connectivity index (χ0n) is 13.0. The van der Waals surface area contributed by atoms with Crippen molar-refractivity contribution in [2.75, 3.05) is 25.0 Å². The number of nitrogens with one attached hydrogen (secondary N) is 2. The summed E-state index contributed by atoms with van der Waals surface area (Å²) >= 11 is 0. The molecule has 2 N–H and O–H groups in total. The van der Waals surface area contributed by atoms with Crippen LogP contribution in [0.15, 0.2) is 30.3 Å². The molecule has 0 radical (unpaired) electrons. The minimum atomic E-state index is -0.208. The zero-order chi connectivity index (χ0) is 15.0. The van der Waals surface area contributed by atoms with Crippen LogP contribution in [0.3, 0.4) is 0 Å². The van der Waals surface area contributed by atoms with Crippen molar-refractivity contribution in [1.82, 2.24) is 10.2 Å². The molecule has 0 saturated heterocycles. The molecule has 0 fully saturated rings. The molecule has 1 aromatic carbocycles. The van der Waals surface area contributed by atoms with Crippen molar-refractivity contribution in [3.8, 4) is 0 Å². The van der Waals surface area contributed by atoms with Crippen molar-refractivity contribution >= 4 is 11.6 Å². The van der Waals surface area contributed by atoms with Crippen LogP contribution in [0, 0.1) is 0 Å². The van der Waals surface area contributed by atoms with Crippen molar-refractivity contribution in [2.45, 2.75) is 39.8 Å². The quantitative estimate of drug-likeness (QED) is 0.766. The number of rotatable bonds is 8. The third-order valence-electron chi connectivity index (χ3n) is 3.40. The van der Waals surface area contributed by atoms with E-state index in [0.29, 0.717) is 0 Å². The zero-order valence-corrected chi connectivity index (χ0v) is 13.0. The molecule has 112 valence electrons. The molecule has 0 spiro atoms. The normalized spacial score (nSPS) is 14.1. The van der Waals surface area contributed by atoms with E-state index in [0.717, 1.165) is 25.3 Å². The van der Waals surface area contributed by atoms with Gasteiger partial charge in [-0.3, -0.25) is 4.79 Å². The predicted molar refractivity (Wildman–Crippen MR) is 84.9 cm³/mol. The molecule has 4 nitrogen and oxygen atoms in total. The van der Waals surface area contributed by atoms with E-state index in [1.54, 1.807) is 0 Å². The summed E-state index contributed by atoms with van der Waals surface area (Å²) in [5.74, 6) is 0.00240. The van der Waals surface area contributed by atoms with Crippen LogP contribution in [0.4, 0.5) is 5.69 Å². The number of amides is 1. The molecule has 2 atom stereocenters. The molecule has 0 aliphatic carbocycles. The first kappa shape index (κ1) is 16.7. The van der Waals surface area contributed by atoms with E-state index in [-0.39, 0.29) is 18.0 Å². The van der Waals surface area contributed by atoms with Crippen molar-refractivity contribution in [3.05, 3.63) is 30.3 Å². The van der Waals surface area contributed by atoms with Gasteiger partial charge in [-0.2, -0.15) is 0 Å². The lowest BCUT2D eigenvalue weighted by Crippen LogP contribution is -2.47. The van der Waals surface area contributed by atoms with Crippen LogP contribution in [0.1, 0.15) is 27.7 Å². The van der Waals surface area contributed by atoms with E-state index >= 15 is 0 Å². The first-order chi connectivity index (χ1) is 9.56. The smallest absolute Gasteiger partial charge is 0.241 e. The SMILES string of the molecule is CCN(CC)CC(C)NC(C)C(=O)Nc1ccccc1. The average molecular weight is 277 g/mol. The fraction of sp³-hybridized carbons (Fsp3) is 0.562. The number of carbonyl (C=O) groups excluding carboxylic acids is 1. The van der Waals surface area contributed by atoms with Crippen LogP contribution in [0.25, 0.3) is 0 Å². The van der Waals surface area contributed by atoms with E-state index in [4.69, 9.17) is 0 Å². The molecule has 0 aliphatic heterocycles. The maximum absolute atomic E-state index is 12.1. The van der Waals surface area contributed by atoms with Crippen LogP contribution in [0.5, 0.6) is 0 Å². The van der Waals surface area contributed by atoms with Crippen molar-refractivity contribution in [3.63, 3.8) is 0 Å². The van der Waals surface area contributed by atoms with Gasteiger partial charge in [0.25, 0.3) is 0 Å². The summed E-state index contributed by atoms with van der Waals surface area (Å²) in [5.41, 5.74) is 0.836. The Morgan fingerprint density at radius 1 is 1.15 bits per heavy atom. The highest BCUT2D eigenvalue weighted by Gasteiger charge is 2.16. The highest BCUT2D eigenvalue weighted by atomic mass is 16.2. The highest BCUT2D eigenvalue weighted by molar-refractivity contribution is 5.94. The van der Waals surface area contributed by atoms with Crippen molar-refractivity contribution in [2.24, 2.45) is 0 Å². The van der Waals surface area contributed by atoms with E-state index in [2.05, 4.69) is 36.3 Å². The minimum absolute atomic E-state index is 0.00240. The second-order valence-electron chi connectivity index (χ2n) is 5.13. The van der Waals surface area contributed by atoms with Gasteiger partial charge in [-0.1, -0.05) is 32.0 Å². The molecule has 0 heterocycles. The first-order valence-corrected chi connectivity index (χ1v) is 7.41. The number of nitrogens with zero attached hydrogens (tertiary/aromatic N) is 1. The van der Waals surface area contributed by atoms with E-state index in [1.807, 2.05) is 37.3 Å². The molecular weight excluding hydrogens is 250 g/mol. The monoisotopic (exact) mass is 277 g/mol. The molecule has 0 aromatic heterocycles. The van der Waals surface area contributed by atoms with Gasteiger partial charge in [-0.05, 0) is 39.1 Å². The van der Waals surface area contributed by atoms with Gasteiger partial charge in [-0.15, -0.1) is 0 Å². The summed E-state index contributed by atoms with van der Waals surface area (Å²) in [6.45, 7) is 11.3. The lowest BCUT2D eigenvalue weighted by atomic mass is 10.2. The van der Waals surface area contributed by atoms with Gasteiger partial charge >= 0.3 is 0 Å². The Bertz CT molecular complexity index is 390. The van der Waals surface area contributed by atoms with Gasteiger partial charge in [0.1, 0.15) is 0 Å². The molecule has 1 aromatic rings. The average Bonchev–Trinajstić information content (AvgIpc) is 2.45. The highest BCUT2D eigenvalue weighted by Crippen LogP contribution is 2.05. The Labute approximate surface area is 122 Å². The second-order valence-corrected chi connectivity index (χ2v) is 5.13. The number of hydrogen-bond donors (Lipinski definition) is 2. The number of benzene rings is 1. The third-order valence-corrected chi connectivity index (χ3v) is 3.40. The molecule has 2 unspecified atom stereocenters. The summed E-state index contributed by atoms with van der Waals surface area (Å²) in [6, 6.07) is 9.62. The Balaban J connectivity index is 2.41. The Hall–Kier alpha value is -1.39. The summed E-state index contributed by atoms with van der Waals surface area (Å²) in [5, 5.41) is 6.26. The van der Waals surface area contributed by atoms with Gasteiger partial charge in [-0.25, -0.2) is 0 Å². The van der Waals surface area contributed by atoms with Gasteiger partial charge < -0.3 is 15.5 Å². The van der Waals surface area contributed by atoms with Crippen LogP contribution in [-0.2, 0) is 4.79 Å². The van der Waals surface area contributed by atoms with E-state index < -0.39 is 0 Å². The predicted octanol–water partition coefficient (Wildman–Crippen LogP) is 2.33. The second kappa shape index (κ2) is 8.72. The van der Waals surface area contributed by atoms with Crippen LogP contribution in [-0.4, -0.2) is 42.5 Å². The van der Waals surface area contributed by atoms with Gasteiger partial charge in [0.05, 0.1) is 6.04 Å². The molecule has 1 rings (SSSR count). The van der Waals surface area contributed by atoms with Crippen molar-refractivity contribution in [1.29, 1.82) is 0 Å². The molecule has 20 heavy (non-hydrogen) atoms. The summed E-state index contributed by atoms with van der Waals surface area (Å²) in [7, 11) is 0. The number of carbonyl (C=O) groups is 1. The fourth-order valence-electron chi connectivity index (χ4n) is 2.20. The summed E-state index contributed by atoms with van der Waals surface area (Å²) in [6.07, 6.45) is 0. The number of anilines is 1. The van der Waals surface area contributed by atoms with Crippen LogP contribution >= 0.6 is 0 Å². The Morgan fingerprint density at radius 2 is 1.75 bits per heavy atom. The van der Waals surface area contributed by atoms with E-state index in [9.17, 15) is 4.79 Å². The van der Waals surface area contributed by atoms with E-state index in [1.165, 1.54) is 0 Å². The molecule has 0 aliphatic rings. The van der Waals surface area contributed by atoms with Crippen molar-refractivity contribution < 1.29 is 4.79 Å². The molecule has 0 bridgehead atoms. The summed E-state index contributed by atoms with van der Waals surface area (Å²) in [4.78, 5) is 14.4. The number of para-hydroxylation sites is 1. The first-order valence-electron chi connectivity index (χ1n) is 7.41. The maximum atomic E-state index is 12.1. The topological polar surface area (TPSA) is 44.4 Å². The Kier molecular flexibility index (Phi) is 7.26. The number of likely N-dealkylation sites (N-methyl/N-ethyl adjacent to an activating group) is 1. The molecular formula is C16H27N3O. The number of hydrogen-bond acceptors (Lipinski definition) is 3. The lowest BCUT2D eigenvalue weighted by molar-refractivity contribution is -0.118. The lowest BCUT2D eigenvalue weighted by Gasteiger charge is -2.25. The molecule has 1 amide bonds. The van der Waals surface area contributed by atoms with Crippen LogP contribution in [0.2, 0.25) is 0 Å². The van der Waals surface area contributed by atoms with Gasteiger partial charge in [0, 0.05) is 18.3 Å². The Morgan fingerprint density at radius 3 is 2.30 bits per heavy atom. The molecule has 4 heteroatoms. The molecule has 0 saturated carbocycles.